The predicted octanol–water partition coefficient (Wildman–Crippen LogP) is 2.52. The Morgan fingerprint density at radius 2 is 2.15 bits per heavy atom. The van der Waals surface area contributed by atoms with Gasteiger partial charge in [-0.05, 0) is 43.5 Å². The van der Waals surface area contributed by atoms with E-state index < -0.39 is 6.04 Å². The molecule has 2 N–H and O–H groups in total. The Balaban J connectivity index is 1.27. The van der Waals surface area contributed by atoms with E-state index in [0.717, 1.165) is 19.3 Å². The molecule has 0 radical (unpaired) electrons. The summed E-state index contributed by atoms with van der Waals surface area (Å²) in [6.45, 7) is 1.07. The van der Waals surface area contributed by atoms with E-state index in [-0.39, 0.29) is 17.1 Å². The first-order valence-corrected chi connectivity index (χ1v) is 11.6. The minimum Gasteiger partial charge on any atom is -0.368 e. The largest absolute Gasteiger partial charge is 0.368 e. The Morgan fingerprint density at radius 3 is 2.79 bits per heavy atom. The van der Waals surface area contributed by atoms with Gasteiger partial charge in [0.15, 0.2) is 0 Å². The van der Waals surface area contributed by atoms with E-state index in [4.69, 9.17) is 0 Å². The van der Waals surface area contributed by atoms with E-state index in [0.29, 0.717) is 53.1 Å². The Labute approximate surface area is 193 Å². The summed E-state index contributed by atoms with van der Waals surface area (Å²) in [5.74, 6) is 0.136. The monoisotopic (exact) mass is 467 g/mol. The molecule has 1 aliphatic heterocycles. The highest BCUT2D eigenvalue weighted by Gasteiger charge is 2.41. The second-order valence-corrected chi connectivity index (χ2v) is 9.25. The van der Waals surface area contributed by atoms with E-state index >= 15 is 0 Å². The Hall–Kier alpha value is -3.47. The van der Waals surface area contributed by atoms with Gasteiger partial charge in [-0.15, -0.1) is 10.2 Å². The molecule has 33 heavy (non-hydrogen) atoms. The highest BCUT2D eigenvalue weighted by molar-refractivity contribution is 7.19. The van der Waals surface area contributed by atoms with Gasteiger partial charge in [-0.2, -0.15) is 0 Å². The summed E-state index contributed by atoms with van der Waals surface area (Å²) >= 11 is 1.27. The van der Waals surface area contributed by atoms with Crippen LogP contribution < -0.4 is 15.5 Å². The number of nitrogens with zero attached hydrogens (tertiary/aromatic N) is 5. The topological polar surface area (TPSA) is 113 Å². The molecule has 2 fully saturated rings. The number of thiazole rings is 1. The summed E-state index contributed by atoms with van der Waals surface area (Å²) in [5, 5.41) is 15.7. The quantitative estimate of drug-likeness (QED) is 0.490. The molecular weight excluding hydrogens is 445 g/mol. The van der Waals surface area contributed by atoms with Crippen molar-refractivity contribution in [1.29, 1.82) is 0 Å². The van der Waals surface area contributed by atoms with Crippen LogP contribution in [-0.4, -0.2) is 51.6 Å². The SMILES string of the molecule is O=CN(c1cnc(-c2ccc(NCC3(c4ncccc4F)CCC3)nn2)s1)C1CCNC1=O. The first kappa shape index (κ1) is 21.4. The summed E-state index contributed by atoms with van der Waals surface area (Å²) in [7, 11) is 0. The van der Waals surface area contributed by atoms with Gasteiger partial charge in [0, 0.05) is 24.7 Å². The van der Waals surface area contributed by atoms with Gasteiger partial charge in [-0.1, -0.05) is 17.8 Å². The van der Waals surface area contributed by atoms with Crippen LogP contribution in [0.5, 0.6) is 0 Å². The van der Waals surface area contributed by atoms with Gasteiger partial charge in [0.25, 0.3) is 0 Å². The molecule has 9 nitrogen and oxygen atoms in total. The zero-order valence-corrected chi connectivity index (χ0v) is 18.5. The molecule has 0 aromatic carbocycles. The number of carbonyl (C=O) groups excluding carboxylic acids is 2. The number of nitrogens with one attached hydrogen (secondary N) is 2. The maximum absolute atomic E-state index is 14.3. The molecule has 1 atom stereocenters. The second kappa shape index (κ2) is 8.81. The molecule has 1 saturated heterocycles. The minimum absolute atomic E-state index is 0.165. The second-order valence-electron chi connectivity index (χ2n) is 8.24. The zero-order valence-electron chi connectivity index (χ0n) is 17.7. The third kappa shape index (κ3) is 4.04. The fourth-order valence-electron chi connectivity index (χ4n) is 4.31. The van der Waals surface area contributed by atoms with Crippen molar-refractivity contribution in [3.63, 3.8) is 0 Å². The van der Waals surface area contributed by atoms with E-state index in [1.165, 1.54) is 22.3 Å². The number of pyridine rings is 1. The molecule has 1 aliphatic carbocycles. The van der Waals surface area contributed by atoms with Crippen molar-refractivity contribution in [3.05, 3.63) is 48.2 Å². The van der Waals surface area contributed by atoms with Crippen molar-refractivity contribution in [2.45, 2.75) is 37.1 Å². The fourth-order valence-corrected chi connectivity index (χ4v) is 5.20. The molecule has 1 unspecified atom stereocenters. The van der Waals surface area contributed by atoms with Crippen LogP contribution in [0.2, 0.25) is 0 Å². The van der Waals surface area contributed by atoms with E-state index in [1.54, 1.807) is 30.6 Å². The number of amides is 2. The van der Waals surface area contributed by atoms with Gasteiger partial charge in [-0.25, -0.2) is 9.37 Å². The average molecular weight is 468 g/mol. The number of hydrogen-bond acceptors (Lipinski definition) is 8. The first-order valence-electron chi connectivity index (χ1n) is 10.8. The number of aromatic nitrogens is 4. The molecule has 3 aromatic rings. The molecule has 0 spiro atoms. The van der Waals surface area contributed by atoms with E-state index in [1.807, 2.05) is 0 Å². The van der Waals surface area contributed by atoms with Crippen LogP contribution in [0, 0.1) is 5.82 Å². The normalized spacial score (nSPS) is 18.9. The van der Waals surface area contributed by atoms with Crippen LogP contribution in [0.4, 0.5) is 15.2 Å². The van der Waals surface area contributed by atoms with E-state index in [9.17, 15) is 14.0 Å². The summed E-state index contributed by atoms with van der Waals surface area (Å²) < 4.78 is 14.3. The van der Waals surface area contributed by atoms with Gasteiger partial charge < -0.3 is 10.6 Å². The fraction of sp³-hybridized carbons (Fsp3) is 0.364. The lowest BCUT2D eigenvalue weighted by molar-refractivity contribution is -0.121. The Morgan fingerprint density at radius 1 is 1.27 bits per heavy atom. The van der Waals surface area contributed by atoms with Crippen molar-refractivity contribution in [1.82, 2.24) is 25.5 Å². The Kier molecular flexibility index (Phi) is 5.71. The molecular formula is C22H22FN7O2S. The number of halogens is 1. The maximum atomic E-state index is 14.3. The molecule has 4 heterocycles. The van der Waals surface area contributed by atoms with Crippen molar-refractivity contribution < 1.29 is 14.0 Å². The smallest absolute Gasteiger partial charge is 0.243 e. The Bertz CT molecular complexity index is 1170. The summed E-state index contributed by atoms with van der Waals surface area (Å²) in [6.07, 6.45) is 7.19. The lowest BCUT2D eigenvalue weighted by Crippen LogP contribution is -2.42. The van der Waals surface area contributed by atoms with Gasteiger partial charge >= 0.3 is 0 Å². The molecule has 11 heteroatoms. The van der Waals surface area contributed by atoms with Gasteiger partial charge in [-0.3, -0.25) is 19.5 Å². The number of carbonyl (C=O) groups is 2. The number of rotatable bonds is 8. The van der Waals surface area contributed by atoms with Crippen LogP contribution in [0.3, 0.4) is 0 Å². The molecule has 170 valence electrons. The lowest BCUT2D eigenvalue weighted by atomic mass is 9.66. The van der Waals surface area contributed by atoms with Crippen LogP contribution in [0.1, 0.15) is 31.4 Å². The molecule has 3 aromatic heterocycles. The maximum Gasteiger partial charge on any atom is 0.243 e. The summed E-state index contributed by atoms with van der Waals surface area (Å²) in [6, 6.07) is 6.12. The van der Waals surface area contributed by atoms with Crippen molar-refractivity contribution >= 4 is 34.5 Å². The van der Waals surface area contributed by atoms with Gasteiger partial charge in [0.2, 0.25) is 12.3 Å². The lowest BCUT2D eigenvalue weighted by Gasteiger charge is -2.41. The van der Waals surface area contributed by atoms with Crippen molar-refractivity contribution in [2.24, 2.45) is 0 Å². The van der Waals surface area contributed by atoms with Crippen LogP contribution in [-0.2, 0) is 15.0 Å². The molecule has 5 rings (SSSR count). The first-order chi connectivity index (χ1) is 16.1. The highest BCUT2D eigenvalue weighted by atomic mass is 32.1. The summed E-state index contributed by atoms with van der Waals surface area (Å²) in [4.78, 5) is 33.6. The van der Waals surface area contributed by atoms with Crippen molar-refractivity contribution in [3.8, 4) is 10.7 Å². The minimum atomic E-state index is -0.517. The number of anilines is 2. The molecule has 0 bridgehead atoms. The van der Waals surface area contributed by atoms with E-state index in [2.05, 4.69) is 30.8 Å². The third-order valence-electron chi connectivity index (χ3n) is 6.28. The third-order valence-corrected chi connectivity index (χ3v) is 7.31. The number of hydrogen-bond donors (Lipinski definition) is 2. The molecule has 1 saturated carbocycles. The standard InChI is InChI=1S/C22H22FN7O2S/c23-14-3-1-9-24-19(14)22(7-2-8-22)12-27-17-5-4-15(28-29-17)21-26-11-18(33-21)30(13-31)16-6-10-25-20(16)32/h1,3-5,9,11,13,16H,2,6-8,10,12H2,(H,25,32)(H,27,29). The van der Waals surface area contributed by atoms with Crippen LogP contribution in [0.15, 0.2) is 36.7 Å². The molecule has 2 amide bonds. The van der Waals surface area contributed by atoms with Crippen molar-refractivity contribution in [2.75, 3.05) is 23.3 Å². The predicted molar refractivity (Wildman–Crippen MR) is 121 cm³/mol. The van der Waals surface area contributed by atoms with Gasteiger partial charge in [0.1, 0.15) is 33.4 Å². The van der Waals surface area contributed by atoms with Gasteiger partial charge in [0.05, 0.1) is 11.9 Å². The zero-order chi connectivity index (χ0) is 22.8. The van der Waals surface area contributed by atoms with Crippen LogP contribution >= 0.6 is 11.3 Å². The highest BCUT2D eigenvalue weighted by Crippen LogP contribution is 2.43. The van der Waals surface area contributed by atoms with Crippen LogP contribution in [0.25, 0.3) is 10.7 Å². The summed E-state index contributed by atoms with van der Waals surface area (Å²) in [5.41, 5.74) is 0.729. The average Bonchev–Trinajstić information content (AvgIpc) is 3.45. The molecule has 2 aliphatic rings.